The van der Waals surface area contributed by atoms with Crippen molar-refractivity contribution in [3.63, 3.8) is 0 Å². The van der Waals surface area contributed by atoms with Crippen molar-refractivity contribution in [1.82, 2.24) is 5.32 Å². The summed E-state index contributed by atoms with van der Waals surface area (Å²) < 4.78 is 11.9. The molecule has 2 aromatic carbocycles. The molecule has 0 aliphatic carbocycles. The van der Waals surface area contributed by atoms with Gasteiger partial charge in [-0.05, 0) is 51.3 Å². The van der Waals surface area contributed by atoms with Crippen molar-refractivity contribution in [3.05, 3.63) is 59.7 Å². The van der Waals surface area contributed by atoms with E-state index >= 15 is 0 Å². The molecule has 3 rings (SSSR count). The molecule has 0 spiro atoms. The van der Waals surface area contributed by atoms with Crippen LogP contribution in [0.3, 0.4) is 0 Å². The molecule has 2 aromatic rings. The highest BCUT2D eigenvalue weighted by Gasteiger charge is 2.44. The summed E-state index contributed by atoms with van der Waals surface area (Å²) in [4.78, 5) is 0. The zero-order chi connectivity index (χ0) is 20.0. The summed E-state index contributed by atoms with van der Waals surface area (Å²) in [6.45, 7) is 6.73. The molecule has 1 aliphatic heterocycles. The van der Waals surface area contributed by atoms with E-state index in [1.165, 1.54) is 5.56 Å². The van der Waals surface area contributed by atoms with Gasteiger partial charge in [0.1, 0.15) is 11.5 Å². The molecular formula is C24H33NO3. The van der Waals surface area contributed by atoms with Crippen LogP contribution in [0.2, 0.25) is 0 Å². The van der Waals surface area contributed by atoms with E-state index in [0.29, 0.717) is 12.3 Å². The predicted octanol–water partition coefficient (Wildman–Crippen LogP) is 4.80. The van der Waals surface area contributed by atoms with Gasteiger partial charge in [0.25, 0.3) is 0 Å². The number of phenolic OH excluding ortho intramolecular Hbond substituents is 1. The van der Waals surface area contributed by atoms with Crippen molar-refractivity contribution in [3.8, 4) is 11.5 Å². The molecule has 0 saturated carbocycles. The van der Waals surface area contributed by atoms with Gasteiger partial charge in [0, 0.05) is 29.7 Å². The van der Waals surface area contributed by atoms with Crippen molar-refractivity contribution >= 4 is 0 Å². The number of methoxy groups -OCH3 is 1. The first-order valence-electron chi connectivity index (χ1n) is 10.3. The Balaban J connectivity index is 1.78. The summed E-state index contributed by atoms with van der Waals surface area (Å²) in [5.74, 6) is 1.31. The maximum Gasteiger partial charge on any atom is 0.122 e. The third-order valence-electron chi connectivity index (χ3n) is 6.26. The van der Waals surface area contributed by atoms with Crippen LogP contribution in [-0.2, 0) is 16.7 Å². The molecule has 0 aromatic heterocycles. The summed E-state index contributed by atoms with van der Waals surface area (Å²) in [5, 5.41) is 13.5. The molecular weight excluding hydrogens is 350 g/mol. The molecule has 1 heterocycles. The number of benzene rings is 2. The van der Waals surface area contributed by atoms with Gasteiger partial charge in [0.2, 0.25) is 0 Å². The second kappa shape index (κ2) is 8.97. The number of nitrogens with one attached hydrogen (secondary N) is 1. The normalized spacial score (nSPS) is 24.8. The van der Waals surface area contributed by atoms with Gasteiger partial charge in [-0.3, -0.25) is 0 Å². The molecule has 4 heteroatoms. The molecule has 1 fully saturated rings. The van der Waals surface area contributed by atoms with E-state index in [9.17, 15) is 5.11 Å². The van der Waals surface area contributed by atoms with Crippen molar-refractivity contribution in [2.75, 3.05) is 20.3 Å². The first-order valence-corrected chi connectivity index (χ1v) is 10.3. The van der Waals surface area contributed by atoms with Crippen LogP contribution in [0.15, 0.2) is 48.5 Å². The first-order chi connectivity index (χ1) is 13.5. The quantitative estimate of drug-likeness (QED) is 0.643. The Labute approximate surface area is 168 Å². The topological polar surface area (TPSA) is 50.7 Å². The fourth-order valence-corrected chi connectivity index (χ4v) is 4.45. The van der Waals surface area contributed by atoms with Gasteiger partial charge in [0.05, 0.1) is 12.7 Å². The van der Waals surface area contributed by atoms with Crippen molar-refractivity contribution < 1.29 is 14.6 Å². The van der Waals surface area contributed by atoms with Crippen molar-refractivity contribution in [2.45, 2.75) is 57.1 Å². The largest absolute Gasteiger partial charge is 0.508 e. The lowest BCUT2D eigenvalue weighted by Crippen LogP contribution is -2.46. The van der Waals surface area contributed by atoms with Gasteiger partial charge in [-0.1, -0.05) is 43.3 Å². The van der Waals surface area contributed by atoms with E-state index in [-0.39, 0.29) is 11.0 Å². The maximum atomic E-state index is 9.98. The van der Waals surface area contributed by atoms with Crippen LogP contribution in [0.4, 0.5) is 0 Å². The number of ether oxygens (including phenoxy) is 2. The Morgan fingerprint density at radius 2 is 1.89 bits per heavy atom. The number of para-hydroxylation sites is 2. The molecule has 0 amide bonds. The van der Waals surface area contributed by atoms with Gasteiger partial charge < -0.3 is 19.9 Å². The summed E-state index contributed by atoms with van der Waals surface area (Å²) in [6, 6.07) is 15.9. The third-order valence-corrected chi connectivity index (χ3v) is 6.26. The number of aromatic hydroxyl groups is 1. The van der Waals surface area contributed by atoms with Crippen LogP contribution in [0, 0.1) is 0 Å². The molecule has 4 nitrogen and oxygen atoms in total. The van der Waals surface area contributed by atoms with E-state index in [1.807, 2.05) is 24.3 Å². The molecule has 152 valence electrons. The lowest BCUT2D eigenvalue weighted by molar-refractivity contribution is -0.0982. The summed E-state index contributed by atoms with van der Waals surface area (Å²) >= 11 is 0. The molecule has 0 bridgehead atoms. The number of hydrogen-bond acceptors (Lipinski definition) is 4. The highest BCUT2D eigenvalue weighted by atomic mass is 16.5. The van der Waals surface area contributed by atoms with Crippen LogP contribution < -0.4 is 10.1 Å². The standard InChI is InChI=1S/C24H33NO3/c1-4-23(2)18-24(14-16-28-23,20-10-6-8-12-22(20)27-3)13-15-25-17-19-9-5-7-11-21(19)26/h5-12,25-26H,4,13-18H2,1-3H3/t23-,24+/m1/s1. The second-order valence-electron chi connectivity index (χ2n) is 8.11. The summed E-state index contributed by atoms with van der Waals surface area (Å²) in [5.41, 5.74) is 2.11. The van der Waals surface area contributed by atoms with Gasteiger partial charge in [-0.2, -0.15) is 0 Å². The molecule has 1 aliphatic rings. The lowest BCUT2D eigenvalue weighted by atomic mass is 9.66. The fourth-order valence-electron chi connectivity index (χ4n) is 4.45. The van der Waals surface area contributed by atoms with E-state index in [4.69, 9.17) is 9.47 Å². The number of rotatable bonds is 8. The average molecular weight is 384 g/mol. The summed E-state index contributed by atoms with van der Waals surface area (Å²) in [6.07, 6.45) is 3.96. The van der Waals surface area contributed by atoms with Gasteiger partial charge in [0.15, 0.2) is 0 Å². The zero-order valence-electron chi connectivity index (χ0n) is 17.3. The third kappa shape index (κ3) is 4.50. The monoisotopic (exact) mass is 383 g/mol. The minimum absolute atomic E-state index is 0.0152. The average Bonchev–Trinajstić information content (AvgIpc) is 2.72. The maximum absolute atomic E-state index is 9.98. The Kier molecular flexibility index (Phi) is 6.63. The number of hydrogen-bond donors (Lipinski definition) is 2. The molecule has 2 atom stereocenters. The van der Waals surface area contributed by atoms with Crippen LogP contribution in [0.5, 0.6) is 11.5 Å². The van der Waals surface area contributed by atoms with E-state index < -0.39 is 0 Å². The van der Waals surface area contributed by atoms with Crippen molar-refractivity contribution in [2.24, 2.45) is 0 Å². The molecule has 2 N–H and O–H groups in total. The Bertz CT molecular complexity index is 778. The Hall–Kier alpha value is -2.04. The Morgan fingerprint density at radius 1 is 1.14 bits per heavy atom. The van der Waals surface area contributed by atoms with E-state index in [2.05, 4.69) is 37.4 Å². The van der Waals surface area contributed by atoms with Crippen LogP contribution in [-0.4, -0.2) is 31.0 Å². The van der Waals surface area contributed by atoms with Crippen molar-refractivity contribution in [1.29, 1.82) is 0 Å². The fraction of sp³-hybridized carbons (Fsp3) is 0.500. The minimum Gasteiger partial charge on any atom is -0.508 e. The highest BCUT2D eigenvalue weighted by Crippen LogP contribution is 2.47. The molecule has 28 heavy (non-hydrogen) atoms. The number of phenols is 1. The zero-order valence-corrected chi connectivity index (χ0v) is 17.3. The van der Waals surface area contributed by atoms with E-state index in [1.54, 1.807) is 13.2 Å². The molecule has 0 radical (unpaired) electrons. The first kappa shape index (κ1) is 20.7. The van der Waals surface area contributed by atoms with Crippen LogP contribution in [0.1, 0.15) is 50.7 Å². The highest BCUT2D eigenvalue weighted by molar-refractivity contribution is 5.40. The Morgan fingerprint density at radius 3 is 2.64 bits per heavy atom. The molecule has 1 saturated heterocycles. The smallest absolute Gasteiger partial charge is 0.122 e. The lowest BCUT2D eigenvalue weighted by Gasteiger charge is -2.47. The van der Waals surface area contributed by atoms with Crippen LogP contribution >= 0.6 is 0 Å². The molecule has 0 unspecified atom stereocenters. The minimum atomic E-state index is -0.114. The van der Waals surface area contributed by atoms with Crippen LogP contribution in [0.25, 0.3) is 0 Å². The van der Waals surface area contributed by atoms with Gasteiger partial charge >= 0.3 is 0 Å². The summed E-state index contributed by atoms with van der Waals surface area (Å²) in [7, 11) is 1.75. The predicted molar refractivity (Wildman–Crippen MR) is 113 cm³/mol. The van der Waals surface area contributed by atoms with E-state index in [0.717, 1.165) is 50.1 Å². The van der Waals surface area contributed by atoms with Gasteiger partial charge in [-0.25, -0.2) is 0 Å². The van der Waals surface area contributed by atoms with Gasteiger partial charge in [-0.15, -0.1) is 0 Å². The SMILES string of the molecule is CC[C@]1(C)C[C@@](CCNCc2ccccc2O)(c2ccccc2OC)CCO1. The second-order valence-corrected chi connectivity index (χ2v) is 8.11.